The van der Waals surface area contributed by atoms with Gasteiger partial charge in [-0.2, -0.15) is 5.10 Å². The van der Waals surface area contributed by atoms with Crippen LogP contribution < -0.4 is 5.32 Å². The van der Waals surface area contributed by atoms with Gasteiger partial charge in [0, 0.05) is 30.4 Å². The summed E-state index contributed by atoms with van der Waals surface area (Å²) in [6.45, 7) is 11.1. The Balaban J connectivity index is 2.75. The molecule has 15 heavy (non-hydrogen) atoms. The molecule has 1 heterocycles. The monoisotopic (exact) mass is 209 g/mol. The molecule has 1 aromatic heterocycles. The summed E-state index contributed by atoms with van der Waals surface area (Å²) in [5.41, 5.74) is 1.22. The van der Waals surface area contributed by atoms with E-state index in [1.807, 2.05) is 17.9 Å². The van der Waals surface area contributed by atoms with E-state index in [-0.39, 0.29) is 5.54 Å². The van der Waals surface area contributed by atoms with Crippen molar-refractivity contribution >= 4 is 0 Å². The fourth-order valence-corrected chi connectivity index (χ4v) is 1.56. The summed E-state index contributed by atoms with van der Waals surface area (Å²) in [7, 11) is 1.95. The van der Waals surface area contributed by atoms with E-state index < -0.39 is 0 Å². The van der Waals surface area contributed by atoms with Gasteiger partial charge in [-0.25, -0.2) is 0 Å². The zero-order valence-electron chi connectivity index (χ0n) is 10.7. The van der Waals surface area contributed by atoms with Crippen LogP contribution in [-0.2, 0) is 12.6 Å². The van der Waals surface area contributed by atoms with Crippen molar-refractivity contribution in [2.24, 2.45) is 13.0 Å². The zero-order chi connectivity index (χ0) is 11.6. The van der Waals surface area contributed by atoms with Crippen LogP contribution in [-0.4, -0.2) is 15.8 Å². The lowest BCUT2D eigenvalue weighted by Gasteiger charge is -2.31. The molecule has 0 bridgehead atoms. The number of aromatic nitrogens is 2. The first-order chi connectivity index (χ1) is 6.83. The van der Waals surface area contributed by atoms with Gasteiger partial charge in [-0.1, -0.05) is 13.8 Å². The van der Waals surface area contributed by atoms with Gasteiger partial charge >= 0.3 is 0 Å². The Morgan fingerprint density at radius 2 is 1.93 bits per heavy atom. The molecule has 0 fully saturated rings. The molecule has 0 saturated carbocycles. The predicted molar refractivity (Wildman–Crippen MR) is 63.7 cm³/mol. The second-order valence-corrected chi connectivity index (χ2v) is 5.20. The van der Waals surface area contributed by atoms with Crippen molar-refractivity contribution in [1.82, 2.24) is 15.1 Å². The Bertz CT molecular complexity index is 312. The van der Waals surface area contributed by atoms with Crippen molar-refractivity contribution < 1.29 is 0 Å². The first-order valence-corrected chi connectivity index (χ1v) is 5.60. The predicted octanol–water partition coefficient (Wildman–Crippen LogP) is 2.29. The van der Waals surface area contributed by atoms with E-state index in [4.69, 9.17) is 0 Å². The van der Waals surface area contributed by atoms with Crippen LogP contribution in [0.1, 0.15) is 40.2 Å². The summed E-state index contributed by atoms with van der Waals surface area (Å²) in [4.78, 5) is 0. The van der Waals surface area contributed by atoms with Crippen LogP contribution in [0.2, 0.25) is 0 Å². The molecule has 0 radical (unpaired) electrons. The standard InChI is InChI=1S/C12H23N3/c1-9(2)10(3)14-12(4,5)11-7-13-15(6)8-11/h7-10,14H,1-6H3. The highest BCUT2D eigenvalue weighted by Gasteiger charge is 2.24. The maximum Gasteiger partial charge on any atom is 0.0540 e. The fraction of sp³-hybridized carbons (Fsp3) is 0.750. The van der Waals surface area contributed by atoms with Crippen molar-refractivity contribution in [3.05, 3.63) is 18.0 Å². The number of hydrogen-bond donors (Lipinski definition) is 1. The average molecular weight is 209 g/mol. The van der Waals surface area contributed by atoms with Crippen LogP contribution in [0.25, 0.3) is 0 Å². The average Bonchev–Trinajstić information content (AvgIpc) is 2.51. The van der Waals surface area contributed by atoms with Crippen LogP contribution in [0.3, 0.4) is 0 Å². The minimum Gasteiger partial charge on any atom is -0.305 e. The summed E-state index contributed by atoms with van der Waals surface area (Å²) >= 11 is 0. The molecule has 0 aromatic carbocycles. The Hall–Kier alpha value is -0.830. The lowest BCUT2D eigenvalue weighted by Crippen LogP contribution is -2.44. The molecule has 0 saturated heterocycles. The molecule has 0 aliphatic rings. The highest BCUT2D eigenvalue weighted by atomic mass is 15.2. The Labute approximate surface area is 92.9 Å². The molecule has 1 rings (SSSR count). The van der Waals surface area contributed by atoms with Gasteiger partial charge < -0.3 is 5.32 Å². The third-order valence-corrected chi connectivity index (χ3v) is 3.02. The molecule has 0 aliphatic heterocycles. The zero-order valence-corrected chi connectivity index (χ0v) is 10.7. The number of nitrogens with zero attached hydrogens (tertiary/aromatic N) is 2. The van der Waals surface area contributed by atoms with Crippen molar-refractivity contribution in [2.75, 3.05) is 0 Å². The molecule has 0 spiro atoms. The third-order valence-electron chi connectivity index (χ3n) is 3.02. The molecule has 0 aliphatic carbocycles. The van der Waals surface area contributed by atoms with Crippen LogP contribution in [0.15, 0.2) is 12.4 Å². The second kappa shape index (κ2) is 4.35. The van der Waals surface area contributed by atoms with Crippen molar-refractivity contribution in [1.29, 1.82) is 0 Å². The van der Waals surface area contributed by atoms with E-state index in [0.29, 0.717) is 12.0 Å². The largest absolute Gasteiger partial charge is 0.305 e. The van der Waals surface area contributed by atoms with Gasteiger partial charge in [0.25, 0.3) is 0 Å². The maximum atomic E-state index is 4.21. The van der Waals surface area contributed by atoms with E-state index >= 15 is 0 Å². The van der Waals surface area contributed by atoms with Crippen LogP contribution in [0, 0.1) is 5.92 Å². The SMILES string of the molecule is CC(C)C(C)NC(C)(C)c1cnn(C)c1. The molecule has 3 heteroatoms. The molecule has 86 valence electrons. The quantitative estimate of drug-likeness (QED) is 0.824. The molecule has 3 nitrogen and oxygen atoms in total. The van der Waals surface area contributed by atoms with Crippen molar-refractivity contribution in [3.63, 3.8) is 0 Å². The fourth-order valence-electron chi connectivity index (χ4n) is 1.56. The van der Waals surface area contributed by atoms with E-state index in [1.54, 1.807) is 0 Å². The van der Waals surface area contributed by atoms with E-state index in [1.165, 1.54) is 5.56 Å². The molecular weight excluding hydrogens is 186 g/mol. The Kier molecular flexibility index (Phi) is 3.55. The van der Waals surface area contributed by atoms with Crippen LogP contribution in [0.5, 0.6) is 0 Å². The van der Waals surface area contributed by atoms with Gasteiger partial charge in [0.15, 0.2) is 0 Å². The Morgan fingerprint density at radius 1 is 1.33 bits per heavy atom. The molecule has 0 amide bonds. The minimum atomic E-state index is -0.0159. The maximum absolute atomic E-state index is 4.21. The van der Waals surface area contributed by atoms with E-state index in [2.05, 4.69) is 51.2 Å². The third kappa shape index (κ3) is 3.06. The van der Waals surface area contributed by atoms with E-state index in [9.17, 15) is 0 Å². The van der Waals surface area contributed by atoms with Crippen LogP contribution in [0.4, 0.5) is 0 Å². The van der Waals surface area contributed by atoms with Crippen molar-refractivity contribution in [3.8, 4) is 0 Å². The van der Waals surface area contributed by atoms with Gasteiger partial charge in [0.05, 0.1) is 6.20 Å². The highest BCUT2D eigenvalue weighted by Crippen LogP contribution is 2.21. The smallest absolute Gasteiger partial charge is 0.0540 e. The number of hydrogen-bond acceptors (Lipinski definition) is 2. The molecular formula is C12H23N3. The molecule has 1 unspecified atom stereocenters. The Morgan fingerprint density at radius 3 is 2.33 bits per heavy atom. The van der Waals surface area contributed by atoms with Crippen molar-refractivity contribution in [2.45, 2.75) is 46.2 Å². The van der Waals surface area contributed by atoms with Gasteiger partial charge in [0.1, 0.15) is 0 Å². The summed E-state index contributed by atoms with van der Waals surface area (Å²) < 4.78 is 1.85. The minimum absolute atomic E-state index is 0.0159. The normalized spacial score (nSPS) is 14.6. The number of rotatable bonds is 4. The van der Waals surface area contributed by atoms with Gasteiger partial charge in [-0.3, -0.25) is 4.68 Å². The second-order valence-electron chi connectivity index (χ2n) is 5.20. The summed E-state index contributed by atoms with van der Waals surface area (Å²) in [5.74, 6) is 0.640. The van der Waals surface area contributed by atoms with Gasteiger partial charge in [-0.05, 0) is 26.7 Å². The molecule has 1 N–H and O–H groups in total. The number of aryl methyl sites for hydroxylation is 1. The highest BCUT2D eigenvalue weighted by molar-refractivity contribution is 5.15. The number of nitrogens with one attached hydrogen (secondary N) is 1. The molecule has 1 aromatic rings. The summed E-state index contributed by atoms with van der Waals surface area (Å²) in [6.07, 6.45) is 4.00. The first kappa shape index (κ1) is 12.2. The summed E-state index contributed by atoms with van der Waals surface area (Å²) in [6, 6.07) is 0.500. The first-order valence-electron chi connectivity index (χ1n) is 5.60. The topological polar surface area (TPSA) is 29.9 Å². The van der Waals surface area contributed by atoms with Gasteiger partial charge in [-0.15, -0.1) is 0 Å². The van der Waals surface area contributed by atoms with Gasteiger partial charge in [0.2, 0.25) is 0 Å². The lowest BCUT2D eigenvalue weighted by molar-refractivity contribution is 0.304. The summed E-state index contributed by atoms with van der Waals surface area (Å²) in [5, 5.41) is 7.84. The van der Waals surface area contributed by atoms with E-state index in [0.717, 1.165) is 0 Å². The lowest BCUT2D eigenvalue weighted by atomic mass is 9.94. The molecule has 1 atom stereocenters. The van der Waals surface area contributed by atoms with Crippen LogP contribution >= 0.6 is 0 Å².